The lowest BCUT2D eigenvalue weighted by atomic mass is 10.1. The first-order valence-corrected chi connectivity index (χ1v) is 10.5. The molecule has 0 bridgehead atoms. The largest absolute Gasteiger partial charge is 0.483 e. The van der Waals surface area contributed by atoms with E-state index in [0.29, 0.717) is 33.4 Å². The number of amides is 1. The van der Waals surface area contributed by atoms with Crippen molar-refractivity contribution >= 4 is 46.4 Å². The van der Waals surface area contributed by atoms with Gasteiger partial charge >= 0.3 is 5.97 Å². The fourth-order valence-electron chi connectivity index (χ4n) is 3.36. The van der Waals surface area contributed by atoms with Gasteiger partial charge in [0.25, 0.3) is 11.6 Å². The van der Waals surface area contributed by atoms with Crippen molar-refractivity contribution in [1.82, 2.24) is 0 Å². The van der Waals surface area contributed by atoms with Gasteiger partial charge in [0, 0.05) is 16.7 Å². The van der Waals surface area contributed by atoms with E-state index in [4.69, 9.17) is 21.1 Å². The monoisotopic (exact) mass is 479 g/mol. The molecule has 0 unspecified atom stereocenters. The van der Waals surface area contributed by atoms with Gasteiger partial charge in [0.15, 0.2) is 11.6 Å². The van der Waals surface area contributed by atoms with Crippen LogP contribution in [0.3, 0.4) is 0 Å². The van der Waals surface area contributed by atoms with Gasteiger partial charge in [-0.05, 0) is 48.0 Å². The molecule has 0 atom stereocenters. The van der Waals surface area contributed by atoms with Crippen LogP contribution in [0, 0.1) is 10.1 Å². The van der Waals surface area contributed by atoms with E-state index in [-0.39, 0.29) is 36.3 Å². The number of rotatable bonds is 5. The molecule has 0 saturated carbocycles. The normalized spacial score (nSPS) is 12.1. The molecule has 1 amide bonds. The van der Waals surface area contributed by atoms with Crippen LogP contribution < -0.4 is 9.64 Å². The van der Waals surface area contributed by atoms with Crippen LogP contribution in [-0.2, 0) is 16.0 Å². The highest BCUT2D eigenvalue weighted by molar-refractivity contribution is 6.31. The Morgan fingerprint density at radius 2 is 1.82 bits per heavy atom. The molecule has 1 aliphatic rings. The van der Waals surface area contributed by atoms with E-state index in [2.05, 4.69) is 4.99 Å². The van der Waals surface area contributed by atoms with Crippen LogP contribution in [0.25, 0.3) is 0 Å². The maximum Gasteiger partial charge on any atom is 0.309 e. The van der Waals surface area contributed by atoms with Crippen molar-refractivity contribution in [2.45, 2.75) is 6.42 Å². The van der Waals surface area contributed by atoms with Gasteiger partial charge in [-0.2, -0.15) is 0 Å². The number of hydrogen-bond acceptors (Lipinski definition) is 7. The third kappa shape index (κ3) is 4.89. The number of aliphatic imine (C=N–C) groups is 1. The predicted molar refractivity (Wildman–Crippen MR) is 126 cm³/mol. The summed E-state index contributed by atoms with van der Waals surface area (Å²) in [6.07, 6.45) is 0.0954. The standard InChI is InChI=1S/C24H18ClN3O6/c1-33-23(29)12-15-2-8-18(9-3-15)27(24(30)16-4-6-17(25)7-5-16)22-14-34-21-13-19(28(31)32)10-11-20(21)26-22/h2-11,13H,12,14H2,1H3. The second kappa shape index (κ2) is 9.72. The number of fused-ring (bicyclic) bond motifs is 1. The molecule has 34 heavy (non-hydrogen) atoms. The van der Waals surface area contributed by atoms with Crippen LogP contribution >= 0.6 is 11.6 Å². The minimum absolute atomic E-state index is 0.0859. The number of benzene rings is 3. The van der Waals surface area contributed by atoms with Crippen molar-refractivity contribution < 1.29 is 24.0 Å². The molecule has 3 aromatic carbocycles. The van der Waals surface area contributed by atoms with Crippen LogP contribution in [0.5, 0.6) is 5.75 Å². The summed E-state index contributed by atoms with van der Waals surface area (Å²) in [4.78, 5) is 41.6. The molecule has 0 aromatic heterocycles. The highest BCUT2D eigenvalue weighted by Gasteiger charge is 2.27. The lowest BCUT2D eigenvalue weighted by Gasteiger charge is -2.27. The number of nitrogens with zero attached hydrogens (tertiary/aromatic N) is 3. The van der Waals surface area contributed by atoms with E-state index < -0.39 is 4.92 Å². The molecular weight excluding hydrogens is 462 g/mol. The first-order chi connectivity index (χ1) is 16.4. The number of carbonyl (C=O) groups excluding carboxylic acids is 2. The molecule has 0 fully saturated rings. The van der Waals surface area contributed by atoms with Crippen molar-refractivity contribution in [2.24, 2.45) is 4.99 Å². The quantitative estimate of drug-likeness (QED) is 0.297. The van der Waals surface area contributed by atoms with Crippen molar-refractivity contribution in [1.29, 1.82) is 0 Å². The molecule has 9 nitrogen and oxygen atoms in total. The van der Waals surface area contributed by atoms with Crippen LogP contribution in [0.15, 0.2) is 71.7 Å². The fraction of sp³-hybridized carbons (Fsp3) is 0.125. The average Bonchev–Trinajstić information content (AvgIpc) is 2.85. The Balaban J connectivity index is 1.73. The highest BCUT2D eigenvalue weighted by atomic mass is 35.5. The Kier molecular flexibility index (Phi) is 6.55. The summed E-state index contributed by atoms with van der Waals surface area (Å²) in [5.41, 5.74) is 1.84. The summed E-state index contributed by atoms with van der Waals surface area (Å²) in [5, 5.41) is 11.5. The van der Waals surface area contributed by atoms with Gasteiger partial charge in [-0.25, -0.2) is 4.99 Å². The third-order valence-electron chi connectivity index (χ3n) is 5.08. The van der Waals surface area contributed by atoms with Crippen LogP contribution in [-0.4, -0.2) is 36.4 Å². The summed E-state index contributed by atoms with van der Waals surface area (Å²) < 4.78 is 10.4. The van der Waals surface area contributed by atoms with Crippen molar-refractivity contribution in [3.8, 4) is 5.75 Å². The minimum atomic E-state index is -0.519. The Morgan fingerprint density at radius 3 is 2.47 bits per heavy atom. The first kappa shape index (κ1) is 22.9. The van der Waals surface area contributed by atoms with Gasteiger partial charge in [0.05, 0.1) is 30.2 Å². The molecule has 0 N–H and O–H groups in total. The summed E-state index contributed by atoms with van der Waals surface area (Å²) in [7, 11) is 1.32. The maximum atomic E-state index is 13.5. The van der Waals surface area contributed by atoms with E-state index in [1.165, 1.54) is 30.2 Å². The van der Waals surface area contributed by atoms with Crippen molar-refractivity contribution in [3.63, 3.8) is 0 Å². The van der Waals surface area contributed by atoms with Gasteiger partial charge in [0.2, 0.25) is 0 Å². The Labute approximate surface area is 199 Å². The van der Waals surface area contributed by atoms with E-state index in [9.17, 15) is 19.7 Å². The van der Waals surface area contributed by atoms with E-state index in [1.807, 2.05) is 0 Å². The summed E-state index contributed by atoms with van der Waals surface area (Å²) >= 11 is 5.97. The zero-order chi connectivity index (χ0) is 24.2. The predicted octanol–water partition coefficient (Wildman–Crippen LogP) is 4.73. The average molecular weight is 480 g/mol. The molecule has 0 saturated heterocycles. The van der Waals surface area contributed by atoms with Crippen LogP contribution in [0.4, 0.5) is 17.1 Å². The molecule has 0 radical (unpaired) electrons. The first-order valence-electron chi connectivity index (χ1n) is 10.1. The van der Waals surface area contributed by atoms with E-state index in [0.717, 1.165) is 0 Å². The van der Waals surface area contributed by atoms with Gasteiger partial charge < -0.3 is 9.47 Å². The number of halogens is 1. The number of amidine groups is 1. The molecule has 0 aliphatic carbocycles. The second-order valence-corrected chi connectivity index (χ2v) is 7.73. The number of ether oxygens (including phenoxy) is 2. The highest BCUT2D eigenvalue weighted by Crippen LogP contribution is 2.35. The molecule has 1 aliphatic heterocycles. The number of anilines is 1. The summed E-state index contributed by atoms with van der Waals surface area (Å²) in [6, 6.07) is 17.3. The minimum Gasteiger partial charge on any atom is -0.483 e. The fourth-order valence-corrected chi connectivity index (χ4v) is 3.49. The van der Waals surface area contributed by atoms with Crippen molar-refractivity contribution in [3.05, 3.63) is 93.0 Å². The number of methoxy groups -OCH3 is 1. The number of non-ortho nitro benzene ring substituents is 1. The summed E-state index contributed by atoms with van der Waals surface area (Å²) in [5.74, 6) is -0.199. The van der Waals surface area contributed by atoms with Gasteiger partial charge in [-0.1, -0.05) is 23.7 Å². The van der Waals surface area contributed by atoms with Gasteiger partial charge in [-0.15, -0.1) is 0 Å². The molecule has 3 aromatic rings. The number of esters is 1. The number of hydrogen-bond donors (Lipinski definition) is 0. The van der Waals surface area contributed by atoms with E-state index in [1.54, 1.807) is 48.5 Å². The molecule has 0 spiro atoms. The van der Waals surface area contributed by atoms with E-state index >= 15 is 0 Å². The Hall–Kier alpha value is -4.24. The zero-order valence-electron chi connectivity index (χ0n) is 17.9. The number of carbonyl (C=O) groups is 2. The molecular formula is C24H18ClN3O6. The molecule has 4 rings (SSSR count). The SMILES string of the molecule is COC(=O)Cc1ccc(N(C(=O)c2ccc(Cl)cc2)C2=Nc3ccc([N+](=O)[O-])cc3OC2)cc1. The Bertz CT molecular complexity index is 1290. The molecule has 1 heterocycles. The maximum absolute atomic E-state index is 13.5. The zero-order valence-corrected chi connectivity index (χ0v) is 18.7. The van der Waals surface area contributed by atoms with Gasteiger partial charge in [0.1, 0.15) is 12.3 Å². The Morgan fingerprint density at radius 1 is 1.12 bits per heavy atom. The topological polar surface area (TPSA) is 111 Å². The third-order valence-corrected chi connectivity index (χ3v) is 5.34. The smallest absolute Gasteiger partial charge is 0.309 e. The number of nitro benzene ring substituents is 1. The van der Waals surface area contributed by atoms with Gasteiger partial charge in [-0.3, -0.25) is 24.6 Å². The lowest BCUT2D eigenvalue weighted by molar-refractivity contribution is -0.384. The van der Waals surface area contributed by atoms with Crippen molar-refractivity contribution in [2.75, 3.05) is 18.6 Å². The summed E-state index contributed by atoms with van der Waals surface area (Å²) in [6.45, 7) is -0.0859. The van der Waals surface area contributed by atoms with Crippen LogP contribution in [0.1, 0.15) is 15.9 Å². The molecule has 10 heteroatoms. The second-order valence-electron chi connectivity index (χ2n) is 7.29. The molecule has 172 valence electrons. The lowest BCUT2D eigenvalue weighted by Crippen LogP contribution is -2.41. The van der Waals surface area contributed by atoms with Crippen LogP contribution in [0.2, 0.25) is 5.02 Å². The number of nitro groups is 1.